The molecule has 4 rings (SSSR count). The van der Waals surface area contributed by atoms with Gasteiger partial charge >= 0.3 is 0 Å². The molecule has 3 heterocycles. The number of nitrogens with one attached hydrogen (secondary N) is 2. The molecule has 0 unspecified atom stereocenters. The average molecular weight is 543 g/mol. The Hall–Kier alpha value is -3.54. The quantitative estimate of drug-likeness (QED) is 0.389. The molecule has 3 aromatic rings. The van der Waals surface area contributed by atoms with Crippen molar-refractivity contribution in [2.45, 2.75) is 30.1 Å². The number of rotatable bonds is 7. The minimum atomic E-state index is -3.87. The molecule has 1 fully saturated rings. The van der Waals surface area contributed by atoms with Crippen molar-refractivity contribution in [2.24, 2.45) is 5.14 Å². The van der Waals surface area contributed by atoms with E-state index in [1.807, 2.05) is 29.2 Å². The summed E-state index contributed by atoms with van der Waals surface area (Å²) in [5.74, 6) is -0.0596. The zero-order valence-corrected chi connectivity index (χ0v) is 22.1. The number of nitrogens with zero attached hydrogens (tertiary/aromatic N) is 3. The third-order valence-electron chi connectivity index (χ3n) is 6.42. The van der Waals surface area contributed by atoms with Crippen LogP contribution in [0, 0.1) is 0 Å². The molecule has 10 nitrogen and oxygen atoms in total. The number of aromatic nitrogens is 2. The highest BCUT2D eigenvalue weighted by Gasteiger charge is 2.52. The maximum absolute atomic E-state index is 14.0. The number of benzene rings is 1. The second-order valence-electron chi connectivity index (χ2n) is 9.16. The van der Waals surface area contributed by atoms with E-state index in [2.05, 4.69) is 34.4 Å². The maximum atomic E-state index is 14.0. The van der Waals surface area contributed by atoms with Crippen LogP contribution in [0.2, 0.25) is 5.15 Å². The minimum Gasteiger partial charge on any atom is -0.355 e. The number of primary sulfonamides is 1. The van der Waals surface area contributed by atoms with Crippen LogP contribution < -0.4 is 20.7 Å². The first-order chi connectivity index (χ1) is 17.5. The molecule has 37 heavy (non-hydrogen) atoms. The van der Waals surface area contributed by atoms with E-state index >= 15 is 0 Å². The molecule has 194 valence electrons. The van der Waals surface area contributed by atoms with Crippen LogP contribution in [-0.4, -0.2) is 50.3 Å². The van der Waals surface area contributed by atoms with Crippen LogP contribution in [0.4, 0.5) is 11.5 Å². The fraction of sp³-hybridized carbons (Fsp3) is 0.280. The summed E-state index contributed by atoms with van der Waals surface area (Å²) in [7, 11) is -2.39. The summed E-state index contributed by atoms with van der Waals surface area (Å²) < 4.78 is 23.2. The van der Waals surface area contributed by atoms with Gasteiger partial charge in [0.1, 0.15) is 21.3 Å². The predicted molar refractivity (Wildman–Crippen MR) is 141 cm³/mol. The van der Waals surface area contributed by atoms with Gasteiger partial charge in [0, 0.05) is 26.3 Å². The summed E-state index contributed by atoms with van der Waals surface area (Å²) >= 11 is 6.00. The van der Waals surface area contributed by atoms with Gasteiger partial charge in [-0.25, -0.2) is 23.5 Å². The van der Waals surface area contributed by atoms with Crippen LogP contribution >= 0.6 is 11.6 Å². The van der Waals surface area contributed by atoms with Crippen molar-refractivity contribution in [1.29, 1.82) is 0 Å². The fourth-order valence-corrected chi connectivity index (χ4v) is 5.08. The lowest BCUT2D eigenvalue weighted by Gasteiger charge is -2.50. The van der Waals surface area contributed by atoms with E-state index in [4.69, 9.17) is 16.7 Å². The Balaban J connectivity index is 1.72. The van der Waals surface area contributed by atoms with E-state index in [1.165, 1.54) is 31.6 Å². The third kappa shape index (κ3) is 5.15. The molecule has 12 heteroatoms. The van der Waals surface area contributed by atoms with Gasteiger partial charge in [-0.2, -0.15) is 0 Å². The molecule has 1 aliphatic rings. The minimum absolute atomic E-state index is 0.0945. The lowest BCUT2D eigenvalue weighted by molar-refractivity contribution is -0.122. The Morgan fingerprint density at radius 1 is 1.11 bits per heavy atom. The molecule has 0 spiro atoms. The van der Waals surface area contributed by atoms with Gasteiger partial charge in [-0.05, 0) is 35.2 Å². The van der Waals surface area contributed by atoms with E-state index in [1.54, 1.807) is 6.07 Å². The van der Waals surface area contributed by atoms with E-state index < -0.39 is 21.3 Å². The highest BCUT2D eigenvalue weighted by Crippen LogP contribution is 2.41. The summed E-state index contributed by atoms with van der Waals surface area (Å²) in [6.45, 7) is 4.67. The van der Waals surface area contributed by atoms with Crippen LogP contribution in [0.1, 0.15) is 41.3 Å². The summed E-state index contributed by atoms with van der Waals surface area (Å²) in [5.41, 5.74) is 1.35. The highest BCUT2D eigenvalue weighted by molar-refractivity contribution is 7.89. The molecule has 0 aliphatic carbocycles. The van der Waals surface area contributed by atoms with Crippen molar-refractivity contribution in [2.75, 3.05) is 30.4 Å². The molecule has 1 aromatic carbocycles. The van der Waals surface area contributed by atoms with E-state index in [9.17, 15) is 18.0 Å². The Morgan fingerprint density at radius 3 is 2.41 bits per heavy atom. The zero-order valence-electron chi connectivity index (χ0n) is 20.5. The number of hydrogen-bond donors (Lipinski definition) is 3. The van der Waals surface area contributed by atoms with Gasteiger partial charge in [-0.1, -0.05) is 49.7 Å². The molecule has 0 radical (unpaired) electrons. The van der Waals surface area contributed by atoms with Crippen molar-refractivity contribution >= 4 is 44.9 Å². The molecule has 2 amide bonds. The lowest BCUT2D eigenvalue weighted by atomic mass is 9.69. The molecule has 0 bridgehead atoms. The standard InChI is InChI=1S/C25H27ClN6O4S/c1-15(2)17-6-4-5-7-19(17)25(13-32(14-25)22-9-8-16(11-30-22)37(27,35)36)24(34)31-20-12-29-21(26)10-18(20)23(33)28-3/h4-12,15H,13-14H2,1-3H3,(H,28,33)(H,31,34)(H2,27,35,36). The van der Waals surface area contributed by atoms with Crippen molar-refractivity contribution in [3.63, 3.8) is 0 Å². The van der Waals surface area contributed by atoms with Gasteiger partial charge < -0.3 is 15.5 Å². The van der Waals surface area contributed by atoms with Gasteiger partial charge in [0.2, 0.25) is 15.9 Å². The number of pyridine rings is 2. The first kappa shape index (κ1) is 26.5. The number of amides is 2. The number of carbonyl (C=O) groups is 2. The molecule has 2 aromatic heterocycles. The highest BCUT2D eigenvalue weighted by atomic mass is 35.5. The van der Waals surface area contributed by atoms with Gasteiger partial charge in [0.05, 0.1) is 17.4 Å². The van der Waals surface area contributed by atoms with Gasteiger partial charge in [0.15, 0.2) is 0 Å². The van der Waals surface area contributed by atoms with E-state index in [0.717, 1.165) is 11.1 Å². The van der Waals surface area contributed by atoms with E-state index in [-0.39, 0.29) is 46.2 Å². The first-order valence-corrected chi connectivity index (χ1v) is 13.4. The van der Waals surface area contributed by atoms with Gasteiger partial charge in [0.25, 0.3) is 5.91 Å². The number of nitrogens with two attached hydrogens (primary N) is 1. The summed E-state index contributed by atoms with van der Waals surface area (Å²) in [6.07, 6.45) is 2.55. The monoisotopic (exact) mass is 542 g/mol. The summed E-state index contributed by atoms with van der Waals surface area (Å²) in [5, 5.41) is 10.7. The van der Waals surface area contributed by atoms with Gasteiger partial charge in [-0.15, -0.1) is 0 Å². The number of halogens is 1. The van der Waals surface area contributed by atoms with Crippen molar-refractivity contribution in [3.8, 4) is 0 Å². The molecule has 1 saturated heterocycles. The van der Waals surface area contributed by atoms with Crippen molar-refractivity contribution in [3.05, 3.63) is 76.7 Å². The summed E-state index contributed by atoms with van der Waals surface area (Å²) in [6, 6.07) is 12.1. The molecular formula is C25H27ClN6O4S. The van der Waals surface area contributed by atoms with Crippen LogP contribution in [0.3, 0.4) is 0 Å². The number of hydrogen-bond acceptors (Lipinski definition) is 7. The Labute approximate surface area is 220 Å². The smallest absolute Gasteiger partial charge is 0.253 e. The third-order valence-corrected chi connectivity index (χ3v) is 7.52. The van der Waals surface area contributed by atoms with Crippen molar-refractivity contribution < 1.29 is 18.0 Å². The SMILES string of the molecule is CNC(=O)c1cc(Cl)ncc1NC(=O)C1(c2ccccc2C(C)C)CN(c2ccc(S(N)(=O)=O)cn2)C1. The molecule has 0 saturated carbocycles. The van der Waals surface area contributed by atoms with E-state index in [0.29, 0.717) is 5.82 Å². The molecule has 0 atom stereocenters. The Kier molecular flexibility index (Phi) is 7.22. The number of anilines is 2. The predicted octanol–water partition coefficient (Wildman–Crippen LogP) is 2.66. The topological polar surface area (TPSA) is 147 Å². The molecular weight excluding hydrogens is 516 g/mol. The van der Waals surface area contributed by atoms with Crippen LogP contribution in [0.5, 0.6) is 0 Å². The largest absolute Gasteiger partial charge is 0.355 e. The Bertz CT molecular complexity index is 1450. The average Bonchev–Trinajstić information content (AvgIpc) is 2.84. The maximum Gasteiger partial charge on any atom is 0.253 e. The number of sulfonamides is 1. The zero-order chi connectivity index (χ0) is 27.0. The molecule has 4 N–H and O–H groups in total. The van der Waals surface area contributed by atoms with Gasteiger partial charge in [-0.3, -0.25) is 9.59 Å². The van der Waals surface area contributed by atoms with Crippen LogP contribution in [0.25, 0.3) is 0 Å². The van der Waals surface area contributed by atoms with Crippen LogP contribution in [-0.2, 0) is 20.2 Å². The first-order valence-electron chi connectivity index (χ1n) is 11.5. The second kappa shape index (κ2) is 10.1. The molecule has 1 aliphatic heterocycles. The second-order valence-corrected chi connectivity index (χ2v) is 11.1. The summed E-state index contributed by atoms with van der Waals surface area (Å²) in [4.78, 5) is 36.5. The van der Waals surface area contributed by atoms with Crippen molar-refractivity contribution in [1.82, 2.24) is 15.3 Å². The van der Waals surface area contributed by atoms with Crippen LogP contribution in [0.15, 0.2) is 59.8 Å². The fourth-order valence-electron chi connectivity index (χ4n) is 4.46. The normalized spacial score (nSPS) is 14.7. The lowest BCUT2D eigenvalue weighted by Crippen LogP contribution is -2.65. The number of carbonyl (C=O) groups excluding carboxylic acids is 2. The Morgan fingerprint density at radius 2 is 1.81 bits per heavy atom.